The molecular formula is C29H41N5O6. The molecule has 4 rings (SSSR count). The van der Waals surface area contributed by atoms with Crippen molar-refractivity contribution in [1.82, 2.24) is 15.0 Å². The Labute approximate surface area is 235 Å². The van der Waals surface area contributed by atoms with Gasteiger partial charge >= 0.3 is 6.03 Å². The summed E-state index contributed by atoms with van der Waals surface area (Å²) in [6.07, 6.45) is 4.35. The zero-order valence-electron chi connectivity index (χ0n) is 24.0. The van der Waals surface area contributed by atoms with E-state index in [-0.39, 0.29) is 48.6 Å². The standard InChI is InChI=1S/C29H41N5O6/c1-17-14-34(18(2)16-35)28(37)22-12-9-13-23(30-27(36)21-10-7-6-8-11-21)26(22)39-24(17)15-33(5)29(38)31-25-19(3)32-40-20(25)4/h9,12-13,17-18,21,24,35H,6-8,10-11,14-16H2,1-5H3,(H,30,36)(H,31,38)/t17-,18-,24+/m1/s1. The van der Waals surface area contributed by atoms with Crippen molar-refractivity contribution in [1.29, 1.82) is 0 Å². The van der Waals surface area contributed by atoms with Gasteiger partial charge in [0.1, 0.15) is 17.5 Å². The maximum atomic E-state index is 13.7. The molecule has 3 N–H and O–H groups in total. The number of rotatable bonds is 7. The first kappa shape index (κ1) is 29.4. The molecule has 1 aromatic heterocycles. The molecule has 1 fully saturated rings. The van der Waals surface area contributed by atoms with Crippen LogP contribution in [0, 0.1) is 25.7 Å². The minimum absolute atomic E-state index is 0.0753. The smallest absolute Gasteiger partial charge is 0.321 e. The average Bonchev–Trinajstić information content (AvgIpc) is 3.27. The summed E-state index contributed by atoms with van der Waals surface area (Å²) in [5.74, 6) is 0.153. The highest BCUT2D eigenvalue weighted by Crippen LogP contribution is 2.36. The molecule has 1 saturated carbocycles. The van der Waals surface area contributed by atoms with E-state index in [4.69, 9.17) is 9.26 Å². The molecule has 2 aromatic rings. The number of aliphatic hydroxyl groups is 1. The molecule has 3 atom stereocenters. The fraction of sp³-hybridized carbons (Fsp3) is 0.586. The molecule has 1 aromatic carbocycles. The van der Waals surface area contributed by atoms with Crippen molar-refractivity contribution >= 4 is 29.2 Å². The molecule has 11 nitrogen and oxygen atoms in total. The lowest BCUT2D eigenvalue weighted by molar-refractivity contribution is -0.120. The van der Waals surface area contributed by atoms with Gasteiger partial charge in [-0.15, -0.1) is 0 Å². The van der Waals surface area contributed by atoms with E-state index in [1.165, 1.54) is 4.90 Å². The summed E-state index contributed by atoms with van der Waals surface area (Å²) >= 11 is 0. The number of urea groups is 1. The molecule has 1 aliphatic carbocycles. The number of nitrogens with one attached hydrogen (secondary N) is 2. The summed E-state index contributed by atoms with van der Waals surface area (Å²) in [6, 6.07) is 4.35. The van der Waals surface area contributed by atoms with Gasteiger partial charge in [0.2, 0.25) is 5.91 Å². The van der Waals surface area contributed by atoms with Crippen LogP contribution >= 0.6 is 0 Å². The number of aryl methyl sites for hydroxylation is 2. The molecule has 2 aliphatic rings. The first-order valence-electron chi connectivity index (χ1n) is 14.1. The normalized spacial score (nSPS) is 20.6. The third kappa shape index (κ3) is 6.41. The van der Waals surface area contributed by atoms with Gasteiger partial charge in [-0.3, -0.25) is 9.59 Å². The number of fused-ring (bicyclic) bond motifs is 1. The van der Waals surface area contributed by atoms with Gasteiger partial charge < -0.3 is 34.8 Å². The third-order valence-corrected chi connectivity index (χ3v) is 7.99. The second kappa shape index (κ2) is 12.7. The lowest BCUT2D eigenvalue weighted by Gasteiger charge is -2.38. The summed E-state index contributed by atoms with van der Waals surface area (Å²) in [5, 5.41) is 19.7. The first-order chi connectivity index (χ1) is 19.1. The highest BCUT2D eigenvalue weighted by atomic mass is 16.5. The van der Waals surface area contributed by atoms with Crippen molar-refractivity contribution in [3.05, 3.63) is 35.2 Å². The maximum absolute atomic E-state index is 13.7. The Morgan fingerprint density at radius 2 is 1.93 bits per heavy atom. The van der Waals surface area contributed by atoms with Crippen LogP contribution in [0.3, 0.4) is 0 Å². The Morgan fingerprint density at radius 1 is 1.20 bits per heavy atom. The minimum Gasteiger partial charge on any atom is -0.485 e. The van der Waals surface area contributed by atoms with Gasteiger partial charge in [-0.25, -0.2) is 4.79 Å². The molecule has 0 saturated heterocycles. The van der Waals surface area contributed by atoms with Gasteiger partial charge in [0.25, 0.3) is 5.91 Å². The number of aliphatic hydroxyl groups excluding tert-OH is 1. The predicted octanol–water partition coefficient (Wildman–Crippen LogP) is 4.19. The lowest BCUT2D eigenvalue weighted by Crippen LogP contribution is -2.50. The van der Waals surface area contributed by atoms with E-state index in [1.807, 2.05) is 6.92 Å². The van der Waals surface area contributed by atoms with Gasteiger partial charge in [0.05, 0.1) is 30.4 Å². The average molecular weight is 556 g/mol. The Bertz CT molecular complexity index is 1200. The Balaban J connectivity index is 1.63. The van der Waals surface area contributed by atoms with Crippen LogP contribution in [0.5, 0.6) is 5.75 Å². The monoisotopic (exact) mass is 555 g/mol. The number of para-hydroxylation sites is 1. The number of hydrogen-bond acceptors (Lipinski definition) is 7. The number of carbonyl (C=O) groups is 3. The fourth-order valence-corrected chi connectivity index (χ4v) is 5.38. The van der Waals surface area contributed by atoms with Crippen LogP contribution in [0.4, 0.5) is 16.2 Å². The topological polar surface area (TPSA) is 137 Å². The van der Waals surface area contributed by atoms with Crippen LogP contribution < -0.4 is 15.4 Å². The summed E-state index contributed by atoms with van der Waals surface area (Å²) in [5.41, 5.74) is 1.84. The van der Waals surface area contributed by atoms with Crippen LogP contribution in [-0.4, -0.2) is 76.8 Å². The first-order valence-corrected chi connectivity index (χ1v) is 14.1. The van der Waals surface area contributed by atoms with Crippen LogP contribution in [0.2, 0.25) is 0 Å². The van der Waals surface area contributed by atoms with Crippen molar-refractivity contribution in [2.24, 2.45) is 11.8 Å². The number of likely N-dealkylation sites (N-methyl/N-ethyl adjacent to an activating group) is 1. The summed E-state index contributed by atoms with van der Waals surface area (Å²) in [6.45, 7) is 7.54. The zero-order chi connectivity index (χ0) is 29.0. The molecular weight excluding hydrogens is 514 g/mol. The number of benzene rings is 1. The number of hydrogen-bond donors (Lipinski definition) is 3. The van der Waals surface area contributed by atoms with Crippen molar-refractivity contribution in [2.45, 2.75) is 71.9 Å². The molecule has 11 heteroatoms. The Morgan fingerprint density at radius 3 is 2.58 bits per heavy atom. The molecule has 218 valence electrons. The largest absolute Gasteiger partial charge is 0.485 e. The van der Waals surface area contributed by atoms with Gasteiger partial charge in [-0.2, -0.15) is 0 Å². The molecule has 4 amide bonds. The summed E-state index contributed by atoms with van der Waals surface area (Å²) in [4.78, 5) is 43.1. The molecule has 0 bridgehead atoms. The van der Waals surface area contributed by atoms with Crippen LogP contribution in [0.25, 0.3) is 0 Å². The Kier molecular flexibility index (Phi) is 9.34. The fourth-order valence-electron chi connectivity index (χ4n) is 5.38. The molecule has 2 heterocycles. The van der Waals surface area contributed by atoms with Gasteiger partial charge in [-0.05, 0) is 45.7 Å². The number of anilines is 2. The quantitative estimate of drug-likeness (QED) is 0.466. The second-order valence-electron chi connectivity index (χ2n) is 11.1. The highest BCUT2D eigenvalue weighted by molar-refractivity contribution is 6.02. The van der Waals surface area contributed by atoms with E-state index < -0.39 is 12.1 Å². The predicted molar refractivity (Wildman–Crippen MR) is 150 cm³/mol. The van der Waals surface area contributed by atoms with Crippen LogP contribution in [0.1, 0.15) is 67.8 Å². The molecule has 40 heavy (non-hydrogen) atoms. The molecule has 1 aliphatic heterocycles. The number of ether oxygens (including phenoxy) is 1. The minimum atomic E-state index is -0.520. The van der Waals surface area contributed by atoms with Crippen molar-refractivity contribution in [3.63, 3.8) is 0 Å². The SMILES string of the molecule is Cc1noc(C)c1NC(=O)N(C)C[C@@H]1Oc2c(NC(=O)C3CCCCC3)cccc2C(=O)N([C@H](C)CO)C[C@H]1C. The van der Waals surface area contributed by atoms with E-state index >= 15 is 0 Å². The molecule has 0 radical (unpaired) electrons. The number of nitrogens with zero attached hydrogens (tertiary/aromatic N) is 3. The van der Waals surface area contributed by atoms with Gasteiger partial charge in [-0.1, -0.05) is 37.4 Å². The highest BCUT2D eigenvalue weighted by Gasteiger charge is 2.35. The van der Waals surface area contributed by atoms with Crippen molar-refractivity contribution in [3.8, 4) is 5.75 Å². The summed E-state index contributed by atoms with van der Waals surface area (Å²) < 4.78 is 11.7. The zero-order valence-corrected chi connectivity index (χ0v) is 24.0. The maximum Gasteiger partial charge on any atom is 0.321 e. The number of aromatic nitrogens is 1. The van der Waals surface area contributed by atoms with E-state index in [1.54, 1.807) is 50.9 Å². The van der Waals surface area contributed by atoms with E-state index in [0.29, 0.717) is 34.9 Å². The van der Waals surface area contributed by atoms with E-state index in [0.717, 1.165) is 32.1 Å². The van der Waals surface area contributed by atoms with Crippen molar-refractivity contribution in [2.75, 3.05) is 37.4 Å². The van der Waals surface area contributed by atoms with E-state index in [2.05, 4.69) is 15.8 Å². The second-order valence-corrected chi connectivity index (χ2v) is 11.1. The van der Waals surface area contributed by atoms with E-state index in [9.17, 15) is 19.5 Å². The molecule has 0 unspecified atom stereocenters. The number of amides is 4. The Hall–Kier alpha value is -3.60. The number of carbonyl (C=O) groups excluding carboxylic acids is 3. The van der Waals surface area contributed by atoms with Crippen molar-refractivity contribution < 1.29 is 28.8 Å². The van der Waals surface area contributed by atoms with Crippen LogP contribution in [0.15, 0.2) is 22.7 Å². The van der Waals surface area contributed by atoms with Crippen LogP contribution in [-0.2, 0) is 4.79 Å². The lowest BCUT2D eigenvalue weighted by atomic mass is 9.88. The van der Waals surface area contributed by atoms with Gasteiger partial charge in [0.15, 0.2) is 11.5 Å². The summed E-state index contributed by atoms with van der Waals surface area (Å²) in [7, 11) is 1.67. The van der Waals surface area contributed by atoms with Gasteiger partial charge in [0, 0.05) is 25.4 Å². The third-order valence-electron chi connectivity index (χ3n) is 7.99. The molecule has 0 spiro atoms.